The minimum absolute atomic E-state index is 0.00229. The number of phenolic OH excluding ortho intramolecular Hbond substituents is 1. The number of ether oxygens (including phenoxy) is 3. The SMILES string of the molecule is CCCC(=O)OC1C(C)OC(=O)C(NC(=O)c2cccc(NC=O)c2O)C(C)OC(=O)C1CCC(C)C. The van der Waals surface area contributed by atoms with Crippen LogP contribution in [0.25, 0.3) is 0 Å². The zero-order valence-corrected chi connectivity index (χ0v) is 21.8. The van der Waals surface area contributed by atoms with Crippen LogP contribution in [0.4, 0.5) is 5.69 Å². The third kappa shape index (κ3) is 7.93. The Bertz CT molecular complexity index is 994. The molecule has 204 valence electrons. The third-order valence-corrected chi connectivity index (χ3v) is 6.05. The Kier molecular flexibility index (Phi) is 10.9. The molecular weight excluding hydrogens is 484 g/mol. The Morgan fingerprint density at radius 2 is 1.81 bits per heavy atom. The van der Waals surface area contributed by atoms with Crippen LogP contribution in [0, 0.1) is 11.8 Å². The van der Waals surface area contributed by atoms with Crippen LogP contribution in [0.15, 0.2) is 18.2 Å². The summed E-state index contributed by atoms with van der Waals surface area (Å²) in [6.07, 6.45) is -1.20. The summed E-state index contributed by atoms with van der Waals surface area (Å²) in [6, 6.07) is 2.70. The molecule has 0 bridgehead atoms. The largest absolute Gasteiger partial charge is 0.505 e. The van der Waals surface area contributed by atoms with E-state index in [1.54, 1.807) is 0 Å². The fourth-order valence-corrected chi connectivity index (χ4v) is 4.00. The van der Waals surface area contributed by atoms with Gasteiger partial charge in [0.15, 0.2) is 17.9 Å². The summed E-state index contributed by atoms with van der Waals surface area (Å²) < 4.78 is 16.8. The number of rotatable bonds is 10. The van der Waals surface area contributed by atoms with Gasteiger partial charge in [0.25, 0.3) is 5.91 Å². The van der Waals surface area contributed by atoms with Crippen LogP contribution in [0.3, 0.4) is 0 Å². The number of nitrogens with one attached hydrogen (secondary N) is 2. The van der Waals surface area contributed by atoms with Crippen molar-refractivity contribution in [2.45, 2.75) is 84.7 Å². The third-order valence-electron chi connectivity index (χ3n) is 6.05. The van der Waals surface area contributed by atoms with E-state index in [9.17, 15) is 29.1 Å². The van der Waals surface area contributed by atoms with Crippen molar-refractivity contribution in [3.05, 3.63) is 23.8 Å². The summed E-state index contributed by atoms with van der Waals surface area (Å²) in [5.74, 6) is -4.07. The van der Waals surface area contributed by atoms with Gasteiger partial charge in [-0.1, -0.05) is 33.3 Å². The molecule has 0 saturated carbocycles. The van der Waals surface area contributed by atoms with Crippen LogP contribution in [0.5, 0.6) is 5.75 Å². The van der Waals surface area contributed by atoms with E-state index in [-0.39, 0.29) is 23.6 Å². The van der Waals surface area contributed by atoms with Crippen molar-refractivity contribution in [3.63, 3.8) is 0 Å². The highest BCUT2D eigenvalue weighted by molar-refractivity contribution is 6.01. The van der Waals surface area contributed by atoms with Gasteiger partial charge in [-0.25, -0.2) is 4.79 Å². The number of aromatic hydroxyl groups is 1. The Morgan fingerprint density at radius 3 is 2.43 bits per heavy atom. The number of esters is 3. The molecule has 1 saturated heterocycles. The molecule has 0 spiro atoms. The van der Waals surface area contributed by atoms with Crippen molar-refractivity contribution in [2.24, 2.45) is 11.8 Å². The van der Waals surface area contributed by atoms with Gasteiger partial charge in [0, 0.05) is 6.42 Å². The summed E-state index contributed by atoms with van der Waals surface area (Å²) in [5, 5.41) is 15.1. The van der Waals surface area contributed by atoms with Gasteiger partial charge in [-0.3, -0.25) is 19.2 Å². The molecular formula is C26H36N2O9. The molecule has 3 N–H and O–H groups in total. The normalized spacial score (nSPS) is 24.1. The van der Waals surface area contributed by atoms with E-state index >= 15 is 0 Å². The number of phenols is 1. The van der Waals surface area contributed by atoms with E-state index in [4.69, 9.17) is 14.2 Å². The molecule has 0 aromatic heterocycles. The first-order valence-electron chi connectivity index (χ1n) is 12.4. The zero-order valence-electron chi connectivity index (χ0n) is 21.8. The minimum atomic E-state index is -1.42. The molecule has 1 fully saturated rings. The molecule has 5 unspecified atom stereocenters. The van der Waals surface area contributed by atoms with Gasteiger partial charge >= 0.3 is 17.9 Å². The predicted molar refractivity (Wildman–Crippen MR) is 133 cm³/mol. The van der Waals surface area contributed by atoms with E-state index in [0.717, 1.165) is 0 Å². The summed E-state index contributed by atoms with van der Waals surface area (Å²) in [6.45, 7) is 8.75. The molecule has 0 aliphatic carbocycles. The number of anilines is 1. The summed E-state index contributed by atoms with van der Waals surface area (Å²) >= 11 is 0. The van der Waals surface area contributed by atoms with Crippen LogP contribution in [-0.2, 0) is 33.4 Å². The van der Waals surface area contributed by atoms with Crippen molar-refractivity contribution >= 4 is 35.9 Å². The van der Waals surface area contributed by atoms with Gasteiger partial charge in [0.05, 0.1) is 17.2 Å². The minimum Gasteiger partial charge on any atom is -0.505 e. The highest BCUT2D eigenvalue weighted by Crippen LogP contribution is 2.29. The van der Waals surface area contributed by atoms with Crippen LogP contribution >= 0.6 is 0 Å². The number of carbonyl (C=O) groups is 5. The van der Waals surface area contributed by atoms with Gasteiger partial charge < -0.3 is 30.0 Å². The van der Waals surface area contributed by atoms with Crippen LogP contribution < -0.4 is 10.6 Å². The van der Waals surface area contributed by atoms with Crippen molar-refractivity contribution in [1.29, 1.82) is 0 Å². The number of carbonyl (C=O) groups excluding carboxylic acids is 5. The average Bonchev–Trinajstić information content (AvgIpc) is 2.84. The molecule has 1 aromatic carbocycles. The lowest BCUT2D eigenvalue weighted by Gasteiger charge is -2.29. The topological polar surface area (TPSA) is 157 Å². The van der Waals surface area contributed by atoms with Crippen LogP contribution in [0.1, 0.15) is 70.7 Å². The van der Waals surface area contributed by atoms with E-state index in [0.29, 0.717) is 25.7 Å². The zero-order chi connectivity index (χ0) is 27.7. The molecule has 1 aromatic rings. The highest BCUT2D eigenvalue weighted by atomic mass is 16.6. The molecule has 1 aliphatic rings. The van der Waals surface area contributed by atoms with Crippen molar-refractivity contribution in [3.8, 4) is 5.75 Å². The number of para-hydroxylation sites is 1. The Hall–Kier alpha value is -3.63. The fraction of sp³-hybridized carbons (Fsp3) is 0.577. The van der Waals surface area contributed by atoms with Crippen molar-refractivity contribution in [1.82, 2.24) is 5.32 Å². The number of hydrogen-bond acceptors (Lipinski definition) is 9. The van der Waals surface area contributed by atoms with Crippen molar-refractivity contribution < 1.29 is 43.3 Å². The highest BCUT2D eigenvalue weighted by Gasteiger charge is 2.44. The van der Waals surface area contributed by atoms with E-state index in [1.807, 2.05) is 20.8 Å². The maximum Gasteiger partial charge on any atom is 0.332 e. The van der Waals surface area contributed by atoms with Gasteiger partial charge in [0.2, 0.25) is 6.41 Å². The number of cyclic esters (lactones) is 2. The summed E-state index contributed by atoms with van der Waals surface area (Å²) in [5.41, 5.74) is -0.218. The second-order valence-corrected chi connectivity index (χ2v) is 9.48. The lowest BCUT2D eigenvalue weighted by molar-refractivity contribution is -0.175. The maximum atomic E-state index is 13.2. The smallest absolute Gasteiger partial charge is 0.332 e. The quantitative estimate of drug-likeness (QED) is 0.183. The maximum absolute atomic E-state index is 13.2. The standard InChI is InChI=1S/C26H36N2O9/c1-6-8-20(30)37-23-16(5)36-26(34)21(15(4)35-25(33)18(23)12-11-14(2)3)28-24(32)17-9-7-10-19(22(17)31)27-13-29/h7,9-10,13-16,18,21,23,31H,6,8,11-12H2,1-5H3,(H,27,29)(H,28,32). The molecule has 1 heterocycles. The number of hydrogen-bond donors (Lipinski definition) is 3. The van der Waals surface area contributed by atoms with E-state index in [1.165, 1.54) is 32.0 Å². The lowest BCUT2D eigenvalue weighted by Crippen LogP contribution is -2.50. The second-order valence-electron chi connectivity index (χ2n) is 9.48. The van der Waals surface area contributed by atoms with Gasteiger partial charge in [0.1, 0.15) is 12.2 Å². The summed E-state index contributed by atoms with van der Waals surface area (Å²) in [4.78, 5) is 62.4. The Labute approximate surface area is 216 Å². The van der Waals surface area contributed by atoms with Gasteiger partial charge in [-0.15, -0.1) is 0 Å². The first-order chi connectivity index (χ1) is 17.5. The first-order valence-corrected chi connectivity index (χ1v) is 12.4. The molecule has 11 heteroatoms. The molecule has 2 rings (SSSR count). The second kappa shape index (κ2) is 13.6. The van der Waals surface area contributed by atoms with E-state index < -0.39 is 59.8 Å². The average molecular weight is 521 g/mol. The monoisotopic (exact) mass is 520 g/mol. The van der Waals surface area contributed by atoms with Crippen LogP contribution in [0.2, 0.25) is 0 Å². The number of amides is 2. The van der Waals surface area contributed by atoms with Crippen LogP contribution in [-0.4, -0.2) is 59.7 Å². The molecule has 0 radical (unpaired) electrons. The summed E-state index contributed by atoms with van der Waals surface area (Å²) in [7, 11) is 0. The first kappa shape index (κ1) is 29.6. The Morgan fingerprint density at radius 1 is 1.14 bits per heavy atom. The molecule has 5 atom stereocenters. The van der Waals surface area contributed by atoms with E-state index in [2.05, 4.69) is 10.6 Å². The molecule has 37 heavy (non-hydrogen) atoms. The van der Waals surface area contributed by atoms with Crippen molar-refractivity contribution in [2.75, 3.05) is 5.32 Å². The molecule has 2 amide bonds. The van der Waals surface area contributed by atoms with Gasteiger partial charge in [-0.2, -0.15) is 0 Å². The van der Waals surface area contributed by atoms with Gasteiger partial charge in [-0.05, 0) is 44.7 Å². The Balaban J connectivity index is 2.35. The lowest BCUT2D eigenvalue weighted by atomic mass is 9.90. The fourth-order valence-electron chi connectivity index (χ4n) is 4.00. The molecule has 11 nitrogen and oxygen atoms in total. The predicted octanol–water partition coefficient (Wildman–Crippen LogP) is 2.70. The molecule has 1 aliphatic heterocycles. The number of benzene rings is 1.